The van der Waals surface area contributed by atoms with Crippen molar-refractivity contribution >= 4 is 0 Å². The largest absolute Gasteiger partial charge is 0.305 e. The van der Waals surface area contributed by atoms with Gasteiger partial charge in [0.1, 0.15) is 0 Å². The summed E-state index contributed by atoms with van der Waals surface area (Å²) in [6.07, 6.45) is 1.24. The molecule has 1 aromatic rings. The first-order valence-electron chi connectivity index (χ1n) is 6.59. The summed E-state index contributed by atoms with van der Waals surface area (Å²) in [7, 11) is 2.19. The van der Waals surface area contributed by atoms with Gasteiger partial charge in [-0.1, -0.05) is 6.07 Å². The maximum absolute atomic E-state index is 8.87. The Kier molecular flexibility index (Phi) is 4.35. The van der Waals surface area contributed by atoms with Crippen LogP contribution in [0.1, 0.15) is 23.1 Å². The zero-order valence-electron chi connectivity index (χ0n) is 11.3. The zero-order valence-corrected chi connectivity index (χ0v) is 11.3. The van der Waals surface area contributed by atoms with Gasteiger partial charge in [-0.05, 0) is 56.7 Å². The lowest BCUT2D eigenvalue weighted by atomic mass is 10.1. The normalized spacial score (nSPS) is 18.3. The highest BCUT2D eigenvalue weighted by atomic mass is 15.2. The summed E-state index contributed by atoms with van der Waals surface area (Å²) in [4.78, 5) is 4.91. The number of hydrogen-bond donors (Lipinski definition) is 0. The first-order valence-corrected chi connectivity index (χ1v) is 6.59. The topological polar surface area (TPSA) is 30.3 Å². The Hall–Kier alpha value is -1.37. The standard InChI is InChI=1S/C15H21N3/c1-13-10-14(11-16)4-5-15(13)12-18-7-3-6-17(2)8-9-18/h4-5,10H,3,6-9,12H2,1-2H3. The van der Waals surface area contributed by atoms with Crippen LogP contribution < -0.4 is 0 Å². The molecule has 0 amide bonds. The van der Waals surface area contributed by atoms with Crippen LogP contribution in [0.2, 0.25) is 0 Å². The molecule has 0 bridgehead atoms. The minimum Gasteiger partial charge on any atom is -0.305 e. The SMILES string of the molecule is Cc1cc(C#N)ccc1CN1CCCN(C)CC1. The number of rotatable bonds is 2. The third-order valence-electron chi connectivity index (χ3n) is 3.68. The molecule has 2 rings (SSSR count). The van der Waals surface area contributed by atoms with Crippen molar-refractivity contribution < 1.29 is 0 Å². The maximum atomic E-state index is 8.87. The van der Waals surface area contributed by atoms with E-state index in [9.17, 15) is 0 Å². The highest BCUT2D eigenvalue weighted by molar-refractivity contribution is 5.37. The lowest BCUT2D eigenvalue weighted by molar-refractivity contribution is 0.269. The van der Waals surface area contributed by atoms with E-state index >= 15 is 0 Å². The second kappa shape index (κ2) is 5.99. The molecular weight excluding hydrogens is 222 g/mol. The first kappa shape index (κ1) is 13.1. The van der Waals surface area contributed by atoms with Gasteiger partial charge in [0.25, 0.3) is 0 Å². The van der Waals surface area contributed by atoms with Crippen molar-refractivity contribution in [3.8, 4) is 6.07 Å². The van der Waals surface area contributed by atoms with Crippen LogP contribution in [0.5, 0.6) is 0 Å². The van der Waals surface area contributed by atoms with Crippen LogP contribution in [-0.2, 0) is 6.54 Å². The van der Waals surface area contributed by atoms with E-state index in [1.165, 1.54) is 30.6 Å². The molecule has 0 aromatic heterocycles. The van der Waals surface area contributed by atoms with Crippen molar-refractivity contribution in [2.24, 2.45) is 0 Å². The van der Waals surface area contributed by atoms with Gasteiger partial charge in [0, 0.05) is 19.6 Å². The molecule has 0 saturated carbocycles. The predicted octanol–water partition coefficient (Wildman–Crippen LogP) is 2.00. The van der Waals surface area contributed by atoms with Gasteiger partial charge in [-0.25, -0.2) is 0 Å². The summed E-state index contributed by atoms with van der Waals surface area (Å²) >= 11 is 0. The minimum atomic E-state index is 0.756. The van der Waals surface area contributed by atoms with Gasteiger partial charge in [0.05, 0.1) is 11.6 Å². The monoisotopic (exact) mass is 243 g/mol. The predicted molar refractivity (Wildman–Crippen MR) is 73.3 cm³/mol. The molecule has 1 heterocycles. The van der Waals surface area contributed by atoms with Gasteiger partial charge in [0.2, 0.25) is 0 Å². The molecule has 3 heteroatoms. The second-order valence-corrected chi connectivity index (χ2v) is 5.19. The lowest BCUT2D eigenvalue weighted by Gasteiger charge is -2.21. The van der Waals surface area contributed by atoms with Gasteiger partial charge in [-0.15, -0.1) is 0 Å². The number of benzene rings is 1. The van der Waals surface area contributed by atoms with Crippen molar-refractivity contribution in [2.75, 3.05) is 33.2 Å². The fraction of sp³-hybridized carbons (Fsp3) is 0.533. The van der Waals surface area contributed by atoms with Crippen LogP contribution in [0.3, 0.4) is 0 Å². The fourth-order valence-corrected chi connectivity index (χ4v) is 2.44. The summed E-state index contributed by atoms with van der Waals surface area (Å²) in [5.74, 6) is 0. The van der Waals surface area contributed by atoms with Crippen molar-refractivity contribution in [2.45, 2.75) is 19.9 Å². The van der Waals surface area contributed by atoms with E-state index in [0.717, 1.165) is 25.2 Å². The van der Waals surface area contributed by atoms with Gasteiger partial charge in [0.15, 0.2) is 0 Å². The van der Waals surface area contributed by atoms with Crippen LogP contribution in [-0.4, -0.2) is 43.0 Å². The van der Waals surface area contributed by atoms with Gasteiger partial charge < -0.3 is 4.90 Å². The van der Waals surface area contributed by atoms with Crippen molar-refractivity contribution in [3.05, 3.63) is 34.9 Å². The minimum absolute atomic E-state index is 0.756. The van der Waals surface area contributed by atoms with E-state index in [-0.39, 0.29) is 0 Å². The van der Waals surface area contributed by atoms with E-state index in [0.29, 0.717) is 0 Å². The van der Waals surface area contributed by atoms with E-state index in [2.05, 4.69) is 35.9 Å². The van der Waals surface area contributed by atoms with E-state index in [1.807, 2.05) is 12.1 Å². The molecular formula is C15H21N3. The molecule has 1 aliphatic rings. The summed E-state index contributed by atoms with van der Waals surface area (Å²) in [6.45, 7) is 7.75. The van der Waals surface area contributed by atoms with Gasteiger partial charge in [-0.3, -0.25) is 4.90 Å². The first-order chi connectivity index (χ1) is 8.69. The van der Waals surface area contributed by atoms with Crippen LogP contribution in [0.4, 0.5) is 0 Å². The molecule has 0 aliphatic carbocycles. The Morgan fingerprint density at radius 2 is 2.06 bits per heavy atom. The Morgan fingerprint density at radius 1 is 1.22 bits per heavy atom. The molecule has 0 unspecified atom stereocenters. The van der Waals surface area contributed by atoms with E-state index in [4.69, 9.17) is 5.26 Å². The second-order valence-electron chi connectivity index (χ2n) is 5.19. The zero-order chi connectivity index (χ0) is 13.0. The Labute approximate surface area is 110 Å². The molecule has 1 aromatic carbocycles. The van der Waals surface area contributed by atoms with Crippen LogP contribution in [0.15, 0.2) is 18.2 Å². The summed E-state index contributed by atoms with van der Waals surface area (Å²) in [6, 6.07) is 8.20. The number of aryl methyl sites for hydroxylation is 1. The molecule has 1 fully saturated rings. The molecule has 1 aliphatic heterocycles. The highest BCUT2D eigenvalue weighted by Crippen LogP contribution is 2.14. The number of nitrogens with zero attached hydrogens (tertiary/aromatic N) is 3. The van der Waals surface area contributed by atoms with Gasteiger partial charge >= 0.3 is 0 Å². The highest BCUT2D eigenvalue weighted by Gasteiger charge is 2.13. The molecule has 0 radical (unpaired) electrons. The van der Waals surface area contributed by atoms with Gasteiger partial charge in [-0.2, -0.15) is 5.26 Å². The number of likely N-dealkylation sites (N-methyl/N-ethyl adjacent to an activating group) is 1. The smallest absolute Gasteiger partial charge is 0.0991 e. The van der Waals surface area contributed by atoms with Crippen LogP contribution in [0.25, 0.3) is 0 Å². The Morgan fingerprint density at radius 3 is 2.78 bits per heavy atom. The Bertz CT molecular complexity index is 448. The van der Waals surface area contributed by atoms with Crippen molar-refractivity contribution in [3.63, 3.8) is 0 Å². The average molecular weight is 243 g/mol. The van der Waals surface area contributed by atoms with Crippen molar-refractivity contribution in [1.82, 2.24) is 9.80 Å². The third kappa shape index (κ3) is 3.32. The lowest BCUT2D eigenvalue weighted by Crippen LogP contribution is -2.28. The van der Waals surface area contributed by atoms with E-state index < -0.39 is 0 Å². The molecule has 0 atom stereocenters. The molecule has 96 valence electrons. The average Bonchev–Trinajstić information content (AvgIpc) is 2.57. The number of hydrogen-bond acceptors (Lipinski definition) is 3. The molecule has 0 N–H and O–H groups in total. The third-order valence-corrected chi connectivity index (χ3v) is 3.68. The quantitative estimate of drug-likeness (QED) is 0.796. The van der Waals surface area contributed by atoms with Crippen LogP contribution in [0, 0.1) is 18.3 Å². The number of nitriles is 1. The maximum Gasteiger partial charge on any atom is 0.0991 e. The van der Waals surface area contributed by atoms with E-state index in [1.54, 1.807) is 0 Å². The molecule has 0 spiro atoms. The summed E-state index contributed by atoms with van der Waals surface area (Å²) in [5, 5.41) is 8.87. The molecule has 1 saturated heterocycles. The summed E-state index contributed by atoms with van der Waals surface area (Å²) < 4.78 is 0. The molecule has 3 nitrogen and oxygen atoms in total. The van der Waals surface area contributed by atoms with Crippen molar-refractivity contribution in [1.29, 1.82) is 5.26 Å². The summed E-state index contributed by atoms with van der Waals surface area (Å²) in [5.41, 5.74) is 3.33. The Balaban J connectivity index is 2.03. The van der Waals surface area contributed by atoms with Crippen LogP contribution >= 0.6 is 0 Å². The fourth-order valence-electron chi connectivity index (χ4n) is 2.44. The molecule has 18 heavy (non-hydrogen) atoms.